The Bertz CT molecular complexity index is 1560. The van der Waals surface area contributed by atoms with E-state index in [1.165, 1.54) is 30.9 Å². The fourth-order valence-electron chi connectivity index (χ4n) is 3.93. The van der Waals surface area contributed by atoms with Crippen LogP contribution in [0.4, 0.5) is 19.0 Å². The molecule has 0 spiro atoms. The molecular weight excluding hydrogens is 433 g/mol. The molecule has 3 aromatic heterocycles. The maximum Gasteiger partial charge on any atom is 0.266 e. The van der Waals surface area contributed by atoms with Crippen molar-refractivity contribution in [3.05, 3.63) is 88.6 Å². The van der Waals surface area contributed by atoms with Gasteiger partial charge in [0.1, 0.15) is 17.7 Å². The summed E-state index contributed by atoms with van der Waals surface area (Å²) in [6.45, 7) is 1.85. The number of fused-ring (bicyclic) bond motifs is 2. The van der Waals surface area contributed by atoms with Gasteiger partial charge in [-0.05, 0) is 36.1 Å². The third kappa shape index (κ3) is 3.39. The van der Waals surface area contributed by atoms with Crippen molar-refractivity contribution >= 4 is 27.8 Å². The van der Waals surface area contributed by atoms with E-state index in [0.717, 1.165) is 16.7 Å². The molecule has 5 rings (SSSR count). The quantitative estimate of drug-likeness (QED) is 0.407. The second kappa shape index (κ2) is 8.05. The molecule has 0 aliphatic rings. The number of nitrogens with zero attached hydrogens (tertiary/aromatic N) is 4. The van der Waals surface area contributed by atoms with Gasteiger partial charge in [-0.1, -0.05) is 25.1 Å². The van der Waals surface area contributed by atoms with Crippen molar-refractivity contribution in [1.29, 1.82) is 0 Å². The minimum absolute atomic E-state index is 0.212. The zero-order chi connectivity index (χ0) is 23.1. The Morgan fingerprint density at radius 2 is 1.85 bits per heavy atom. The molecule has 2 N–H and O–H groups in total. The minimum atomic E-state index is -1.21. The highest BCUT2D eigenvalue weighted by atomic mass is 19.2. The van der Waals surface area contributed by atoms with Crippen LogP contribution in [0.25, 0.3) is 27.6 Å². The molecule has 166 valence electrons. The zero-order valence-corrected chi connectivity index (χ0v) is 17.3. The van der Waals surface area contributed by atoms with Crippen LogP contribution in [-0.4, -0.2) is 24.5 Å². The van der Waals surface area contributed by atoms with Gasteiger partial charge in [0.15, 0.2) is 23.1 Å². The molecular formula is C23H17F3N6O. The molecule has 0 aliphatic heterocycles. The van der Waals surface area contributed by atoms with Gasteiger partial charge in [-0.25, -0.2) is 28.1 Å². The van der Waals surface area contributed by atoms with E-state index in [-0.39, 0.29) is 11.1 Å². The number of benzene rings is 2. The first-order chi connectivity index (χ1) is 16.0. The number of H-pyrrole nitrogens is 1. The van der Waals surface area contributed by atoms with E-state index in [4.69, 9.17) is 0 Å². The summed E-state index contributed by atoms with van der Waals surface area (Å²) in [7, 11) is 0. The molecule has 1 atom stereocenters. The minimum Gasteiger partial charge on any atom is -0.360 e. The van der Waals surface area contributed by atoms with Gasteiger partial charge in [-0.15, -0.1) is 0 Å². The molecule has 0 fully saturated rings. The van der Waals surface area contributed by atoms with E-state index < -0.39 is 29.1 Å². The van der Waals surface area contributed by atoms with Crippen LogP contribution in [0.1, 0.15) is 25.1 Å². The van der Waals surface area contributed by atoms with Gasteiger partial charge >= 0.3 is 0 Å². The Balaban J connectivity index is 1.78. The van der Waals surface area contributed by atoms with Crippen molar-refractivity contribution in [2.45, 2.75) is 19.4 Å². The Morgan fingerprint density at radius 3 is 2.67 bits per heavy atom. The highest BCUT2D eigenvalue weighted by Crippen LogP contribution is 2.29. The summed E-state index contributed by atoms with van der Waals surface area (Å²) in [4.78, 5) is 28.9. The first kappa shape index (κ1) is 20.7. The summed E-state index contributed by atoms with van der Waals surface area (Å²) in [6.07, 6.45) is 3.26. The molecule has 0 saturated carbocycles. The van der Waals surface area contributed by atoms with Crippen molar-refractivity contribution in [2.24, 2.45) is 0 Å². The zero-order valence-electron chi connectivity index (χ0n) is 17.3. The Kier molecular flexibility index (Phi) is 5.04. The number of rotatable bonds is 5. The summed E-state index contributed by atoms with van der Waals surface area (Å²) in [5.41, 5.74) is 0.198. The van der Waals surface area contributed by atoms with E-state index in [2.05, 4.69) is 25.3 Å². The van der Waals surface area contributed by atoms with Gasteiger partial charge in [0.2, 0.25) is 0 Å². The lowest BCUT2D eigenvalue weighted by atomic mass is 10.0. The number of hydrogen-bond donors (Lipinski definition) is 2. The number of aromatic amines is 1. The number of pyridine rings is 1. The average molecular weight is 450 g/mol. The average Bonchev–Trinajstić information content (AvgIpc) is 3.29. The van der Waals surface area contributed by atoms with E-state index in [9.17, 15) is 18.0 Å². The van der Waals surface area contributed by atoms with Crippen molar-refractivity contribution in [2.75, 3.05) is 5.32 Å². The van der Waals surface area contributed by atoms with E-state index in [0.29, 0.717) is 34.5 Å². The van der Waals surface area contributed by atoms with Crippen LogP contribution >= 0.6 is 0 Å². The van der Waals surface area contributed by atoms with Crippen LogP contribution in [-0.2, 0) is 0 Å². The Hall–Kier alpha value is -4.21. The molecule has 10 heteroatoms. The Morgan fingerprint density at radius 1 is 1.06 bits per heavy atom. The number of anilines is 1. The summed E-state index contributed by atoms with van der Waals surface area (Å²) in [5, 5.41) is 3.35. The van der Waals surface area contributed by atoms with Crippen molar-refractivity contribution in [3.8, 4) is 5.69 Å². The SMILES string of the molecule is CCC(Nc1ncnc2[nH]cnc12)c1cc2cccc(F)c2c(=O)n1-c1cccc(F)c1F. The summed E-state index contributed by atoms with van der Waals surface area (Å²) >= 11 is 0. The molecule has 7 nitrogen and oxygen atoms in total. The van der Waals surface area contributed by atoms with E-state index in [1.54, 1.807) is 12.1 Å². The molecule has 0 aliphatic carbocycles. The maximum atomic E-state index is 14.8. The molecule has 1 unspecified atom stereocenters. The first-order valence-electron chi connectivity index (χ1n) is 10.2. The van der Waals surface area contributed by atoms with Gasteiger partial charge in [-0.2, -0.15) is 0 Å². The molecule has 0 amide bonds. The lowest BCUT2D eigenvalue weighted by molar-refractivity contribution is 0.501. The molecule has 2 aromatic carbocycles. The number of imidazole rings is 1. The molecule has 0 radical (unpaired) electrons. The van der Waals surface area contributed by atoms with Crippen molar-refractivity contribution in [3.63, 3.8) is 0 Å². The third-order valence-corrected chi connectivity index (χ3v) is 5.49. The standard InChI is InChI=1S/C23H17F3N6O/c1-2-15(31-22-20-21(28-10-27-20)29-11-30-22)17-9-12-5-3-6-13(24)18(12)23(33)32(17)16-8-4-7-14(25)19(16)26/h3-11,15H,2H2,1H3,(H2,27,28,29,30,31). The fourth-order valence-corrected chi connectivity index (χ4v) is 3.93. The van der Waals surface area contributed by atoms with Crippen LogP contribution in [0.3, 0.4) is 0 Å². The lowest BCUT2D eigenvalue weighted by Crippen LogP contribution is -2.28. The van der Waals surface area contributed by atoms with Gasteiger partial charge in [0.25, 0.3) is 5.56 Å². The monoisotopic (exact) mass is 450 g/mol. The lowest BCUT2D eigenvalue weighted by Gasteiger charge is -2.23. The topological polar surface area (TPSA) is 88.5 Å². The number of hydrogen-bond acceptors (Lipinski definition) is 5. The van der Waals surface area contributed by atoms with E-state index in [1.807, 2.05) is 6.92 Å². The highest BCUT2D eigenvalue weighted by molar-refractivity contribution is 5.84. The van der Waals surface area contributed by atoms with Crippen LogP contribution in [0.2, 0.25) is 0 Å². The molecule has 0 saturated heterocycles. The molecule has 33 heavy (non-hydrogen) atoms. The number of aromatic nitrogens is 5. The molecule has 3 heterocycles. The van der Waals surface area contributed by atoms with Gasteiger partial charge < -0.3 is 10.3 Å². The van der Waals surface area contributed by atoms with Crippen LogP contribution in [0.15, 0.2) is 59.9 Å². The second-order valence-corrected chi connectivity index (χ2v) is 7.41. The van der Waals surface area contributed by atoms with Crippen LogP contribution in [0, 0.1) is 17.5 Å². The van der Waals surface area contributed by atoms with Gasteiger partial charge in [0.05, 0.1) is 23.4 Å². The Labute approximate surface area is 185 Å². The summed E-state index contributed by atoms with van der Waals surface area (Å²) in [6, 6.07) is 8.77. The number of halogens is 3. The van der Waals surface area contributed by atoms with E-state index >= 15 is 0 Å². The first-order valence-corrected chi connectivity index (χ1v) is 10.2. The second-order valence-electron chi connectivity index (χ2n) is 7.41. The molecule has 5 aromatic rings. The predicted octanol–water partition coefficient (Wildman–Crippen LogP) is 4.64. The largest absolute Gasteiger partial charge is 0.360 e. The smallest absolute Gasteiger partial charge is 0.266 e. The van der Waals surface area contributed by atoms with Crippen molar-refractivity contribution in [1.82, 2.24) is 24.5 Å². The fraction of sp³-hybridized carbons (Fsp3) is 0.130. The third-order valence-electron chi connectivity index (χ3n) is 5.49. The molecule has 0 bridgehead atoms. The number of nitrogens with one attached hydrogen (secondary N) is 2. The van der Waals surface area contributed by atoms with Crippen molar-refractivity contribution < 1.29 is 13.2 Å². The maximum absolute atomic E-state index is 14.8. The van der Waals surface area contributed by atoms with Crippen LogP contribution < -0.4 is 10.9 Å². The normalized spacial score (nSPS) is 12.4. The predicted molar refractivity (Wildman–Crippen MR) is 118 cm³/mol. The summed E-state index contributed by atoms with van der Waals surface area (Å²) in [5.74, 6) is -2.67. The van der Waals surface area contributed by atoms with Gasteiger partial charge in [-0.3, -0.25) is 9.36 Å². The highest BCUT2D eigenvalue weighted by Gasteiger charge is 2.23. The van der Waals surface area contributed by atoms with Crippen LogP contribution in [0.5, 0.6) is 0 Å². The summed E-state index contributed by atoms with van der Waals surface area (Å²) < 4.78 is 44.5. The van der Waals surface area contributed by atoms with Gasteiger partial charge in [0, 0.05) is 5.69 Å².